The van der Waals surface area contributed by atoms with Gasteiger partial charge in [0.2, 0.25) is 0 Å². The molecule has 1 aliphatic heterocycles. The van der Waals surface area contributed by atoms with Crippen molar-refractivity contribution < 1.29 is 0 Å². The summed E-state index contributed by atoms with van der Waals surface area (Å²) in [6.07, 6.45) is 6.56. The number of hydrogen-bond donors (Lipinski definition) is 0. The van der Waals surface area contributed by atoms with Gasteiger partial charge in [0.25, 0.3) is 0 Å². The first-order valence-corrected chi connectivity index (χ1v) is 5.94. The summed E-state index contributed by atoms with van der Waals surface area (Å²) < 4.78 is 1.08. The molecule has 1 aromatic rings. The number of hydrogen-bond acceptors (Lipinski definition) is 2. The van der Waals surface area contributed by atoms with Crippen molar-refractivity contribution in [3.8, 4) is 0 Å². The first-order chi connectivity index (χ1) is 6.75. The van der Waals surface area contributed by atoms with Crippen LogP contribution in [0, 0.1) is 5.92 Å². The Labute approximate surface area is 92.5 Å². The monoisotopic (exact) mass is 252 g/mol. The van der Waals surface area contributed by atoms with Gasteiger partial charge in [-0.2, -0.15) is 0 Å². The molecule has 74 valence electrons. The molecule has 1 saturated heterocycles. The van der Waals surface area contributed by atoms with Gasteiger partial charge in [0, 0.05) is 22.8 Å². The molecular weight excluding hydrogens is 240 g/mol. The summed E-state index contributed by atoms with van der Waals surface area (Å²) in [5.41, 5.74) is 1.27. The van der Waals surface area contributed by atoms with Crippen LogP contribution in [0.2, 0.25) is 0 Å². The highest BCUT2D eigenvalue weighted by Crippen LogP contribution is 2.49. The van der Waals surface area contributed by atoms with Crippen molar-refractivity contribution in [2.45, 2.75) is 31.8 Å². The van der Waals surface area contributed by atoms with E-state index in [1.165, 1.54) is 18.5 Å². The summed E-state index contributed by atoms with van der Waals surface area (Å²) in [5.74, 6) is 0.962. The zero-order valence-corrected chi connectivity index (χ0v) is 9.74. The van der Waals surface area contributed by atoms with Crippen molar-refractivity contribution in [2.24, 2.45) is 5.92 Å². The predicted molar refractivity (Wildman–Crippen MR) is 60.4 cm³/mol. The summed E-state index contributed by atoms with van der Waals surface area (Å²) >= 11 is 3.47. The normalized spacial score (nSPS) is 34.4. The molecule has 0 radical (unpaired) electrons. The van der Waals surface area contributed by atoms with E-state index in [-0.39, 0.29) is 0 Å². The molecule has 2 fully saturated rings. The number of piperidine rings is 1. The number of aromatic nitrogens is 1. The van der Waals surface area contributed by atoms with Crippen LogP contribution in [0.1, 0.15) is 19.8 Å². The van der Waals surface area contributed by atoms with Crippen molar-refractivity contribution >= 4 is 21.6 Å². The maximum absolute atomic E-state index is 4.23. The lowest BCUT2D eigenvalue weighted by molar-refractivity contribution is 0.645. The molecule has 0 N–H and O–H groups in total. The highest BCUT2D eigenvalue weighted by Gasteiger charge is 2.50. The van der Waals surface area contributed by atoms with E-state index >= 15 is 0 Å². The molecule has 14 heavy (non-hydrogen) atoms. The third kappa shape index (κ3) is 1.26. The SMILES string of the molecule is CC1CC2CC2N1c1cncc(Br)c1. The Morgan fingerprint density at radius 2 is 2.29 bits per heavy atom. The number of rotatable bonds is 1. The fraction of sp³-hybridized carbons (Fsp3) is 0.545. The van der Waals surface area contributed by atoms with Crippen molar-refractivity contribution in [3.63, 3.8) is 0 Å². The molecule has 0 spiro atoms. The van der Waals surface area contributed by atoms with Gasteiger partial charge in [-0.05, 0) is 47.7 Å². The molecule has 2 heterocycles. The van der Waals surface area contributed by atoms with Crippen LogP contribution in [0.3, 0.4) is 0 Å². The third-order valence-electron chi connectivity index (χ3n) is 3.35. The van der Waals surface area contributed by atoms with Crippen molar-refractivity contribution in [2.75, 3.05) is 4.90 Å². The minimum absolute atomic E-state index is 0.690. The van der Waals surface area contributed by atoms with Crippen LogP contribution in [0.5, 0.6) is 0 Å². The zero-order valence-electron chi connectivity index (χ0n) is 8.15. The lowest BCUT2D eigenvalue weighted by Crippen LogP contribution is -2.30. The Bertz CT molecular complexity index is 364. The van der Waals surface area contributed by atoms with Gasteiger partial charge in [0.15, 0.2) is 0 Å². The van der Waals surface area contributed by atoms with E-state index in [1.54, 1.807) is 0 Å². The largest absolute Gasteiger partial charge is 0.364 e. The molecule has 1 saturated carbocycles. The summed E-state index contributed by atoms with van der Waals surface area (Å²) in [5, 5.41) is 0. The molecule has 1 aliphatic carbocycles. The average molecular weight is 253 g/mol. The second kappa shape index (κ2) is 2.96. The number of halogens is 1. The van der Waals surface area contributed by atoms with E-state index in [9.17, 15) is 0 Å². The molecule has 2 nitrogen and oxygen atoms in total. The third-order valence-corrected chi connectivity index (χ3v) is 3.78. The van der Waals surface area contributed by atoms with Gasteiger partial charge in [0.05, 0.1) is 11.9 Å². The Kier molecular flexibility index (Phi) is 1.84. The van der Waals surface area contributed by atoms with E-state index in [1.807, 2.05) is 12.4 Å². The van der Waals surface area contributed by atoms with E-state index in [0.29, 0.717) is 6.04 Å². The highest BCUT2D eigenvalue weighted by molar-refractivity contribution is 9.10. The predicted octanol–water partition coefficient (Wildman–Crippen LogP) is 2.83. The quantitative estimate of drug-likeness (QED) is 0.765. The maximum Gasteiger partial charge on any atom is 0.0569 e. The van der Waals surface area contributed by atoms with Crippen LogP contribution < -0.4 is 4.90 Å². The molecule has 3 unspecified atom stereocenters. The number of fused-ring (bicyclic) bond motifs is 1. The van der Waals surface area contributed by atoms with Gasteiger partial charge in [0.1, 0.15) is 0 Å². The summed E-state index contributed by atoms with van der Waals surface area (Å²) in [4.78, 5) is 6.76. The molecule has 0 bridgehead atoms. The summed E-state index contributed by atoms with van der Waals surface area (Å²) in [7, 11) is 0. The van der Waals surface area contributed by atoms with E-state index < -0.39 is 0 Å². The topological polar surface area (TPSA) is 16.1 Å². The van der Waals surface area contributed by atoms with Crippen molar-refractivity contribution in [3.05, 3.63) is 22.9 Å². The minimum atomic E-state index is 0.690. The molecule has 3 rings (SSSR count). The van der Waals surface area contributed by atoms with Crippen LogP contribution in [0.15, 0.2) is 22.9 Å². The Hall–Kier alpha value is -0.570. The van der Waals surface area contributed by atoms with Gasteiger partial charge in [-0.25, -0.2) is 0 Å². The fourth-order valence-corrected chi connectivity index (χ4v) is 3.04. The second-order valence-electron chi connectivity index (χ2n) is 4.42. The van der Waals surface area contributed by atoms with Crippen molar-refractivity contribution in [1.29, 1.82) is 0 Å². The van der Waals surface area contributed by atoms with Crippen LogP contribution in [-0.2, 0) is 0 Å². The molecule has 0 amide bonds. The van der Waals surface area contributed by atoms with Crippen LogP contribution in [0.4, 0.5) is 5.69 Å². The smallest absolute Gasteiger partial charge is 0.0569 e. The molecule has 3 heteroatoms. The molecule has 1 aromatic heterocycles. The molecule has 3 atom stereocenters. The first-order valence-electron chi connectivity index (χ1n) is 5.14. The van der Waals surface area contributed by atoms with E-state index in [0.717, 1.165) is 16.4 Å². The van der Waals surface area contributed by atoms with Gasteiger partial charge in [-0.3, -0.25) is 4.98 Å². The molecular formula is C11H13BrN2. The molecule has 2 aliphatic rings. The van der Waals surface area contributed by atoms with Crippen LogP contribution in [-0.4, -0.2) is 17.1 Å². The number of nitrogens with zero attached hydrogens (tertiary/aromatic N) is 2. The summed E-state index contributed by atoms with van der Waals surface area (Å²) in [6.45, 7) is 2.31. The van der Waals surface area contributed by atoms with Gasteiger partial charge in [-0.15, -0.1) is 0 Å². The zero-order chi connectivity index (χ0) is 9.71. The van der Waals surface area contributed by atoms with Crippen LogP contribution in [0.25, 0.3) is 0 Å². The second-order valence-corrected chi connectivity index (χ2v) is 5.33. The standard InChI is InChI=1S/C11H13BrN2/c1-7-2-8-3-11(8)14(7)10-4-9(12)5-13-6-10/h4-8,11H,2-3H2,1H3. The van der Waals surface area contributed by atoms with Gasteiger partial charge in [-0.1, -0.05) is 0 Å². The van der Waals surface area contributed by atoms with Crippen molar-refractivity contribution in [1.82, 2.24) is 4.98 Å². The van der Waals surface area contributed by atoms with Crippen LogP contribution >= 0.6 is 15.9 Å². The number of pyridine rings is 1. The Morgan fingerprint density at radius 3 is 2.93 bits per heavy atom. The summed E-state index contributed by atoms with van der Waals surface area (Å²) in [6, 6.07) is 3.67. The van der Waals surface area contributed by atoms with E-state index in [2.05, 4.69) is 38.8 Å². The lowest BCUT2D eigenvalue weighted by Gasteiger charge is -2.26. The number of anilines is 1. The van der Waals surface area contributed by atoms with Gasteiger partial charge < -0.3 is 4.90 Å². The first kappa shape index (κ1) is 8.72. The Morgan fingerprint density at radius 1 is 1.43 bits per heavy atom. The molecule has 0 aromatic carbocycles. The Balaban J connectivity index is 1.94. The lowest BCUT2D eigenvalue weighted by atomic mass is 10.2. The minimum Gasteiger partial charge on any atom is -0.364 e. The van der Waals surface area contributed by atoms with Gasteiger partial charge >= 0.3 is 0 Å². The average Bonchev–Trinajstić information content (AvgIpc) is 2.78. The van der Waals surface area contributed by atoms with E-state index in [4.69, 9.17) is 0 Å². The highest BCUT2D eigenvalue weighted by atomic mass is 79.9. The maximum atomic E-state index is 4.23. The fourth-order valence-electron chi connectivity index (χ4n) is 2.69.